The highest BCUT2D eigenvalue weighted by Crippen LogP contribution is 2.18. The largest absolute Gasteiger partial charge is 0.452 e. The van der Waals surface area contributed by atoms with Crippen molar-refractivity contribution >= 4 is 17.6 Å². The maximum Gasteiger partial charge on any atom is 0.341 e. The summed E-state index contributed by atoms with van der Waals surface area (Å²) in [5, 5.41) is 4.03. The second-order valence-electron chi connectivity index (χ2n) is 4.58. The number of ether oxygens (including phenoxy) is 1. The van der Waals surface area contributed by atoms with Gasteiger partial charge >= 0.3 is 5.97 Å². The maximum absolute atomic E-state index is 13.6. The van der Waals surface area contributed by atoms with E-state index in [0.29, 0.717) is 5.82 Å². The van der Waals surface area contributed by atoms with E-state index in [4.69, 9.17) is 20.9 Å². The van der Waals surface area contributed by atoms with Crippen molar-refractivity contribution in [2.75, 3.05) is 0 Å². The third-order valence-electron chi connectivity index (χ3n) is 2.98. The molecule has 0 aliphatic heterocycles. The van der Waals surface area contributed by atoms with E-state index in [-0.39, 0.29) is 23.1 Å². The van der Waals surface area contributed by atoms with Gasteiger partial charge in [-0.2, -0.15) is 4.98 Å². The van der Waals surface area contributed by atoms with E-state index in [1.54, 1.807) is 0 Å². The standard InChI is InChI=1S/C16H10ClFN2O3/c17-11-6-7-13(18)12(8-11)16(21)22-9-14-19-15(20-23-14)10-4-2-1-3-5-10/h1-8H,9H2. The number of hydrogen-bond donors (Lipinski definition) is 0. The predicted octanol–water partition coefficient (Wildman–Crippen LogP) is 3.89. The first kappa shape index (κ1) is 15.2. The van der Waals surface area contributed by atoms with Crippen LogP contribution in [0.5, 0.6) is 0 Å². The fraction of sp³-hybridized carbons (Fsp3) is 0.0625. The zero-order chi connectivity index (χ0) is 16.2. The van der Waals surface area contributed by atoms with Crippen LogP contribution in [0.15, 0.2) is 53.1 Å². The summed E-state index contributed by atoms with van der Waals surface area (Å²) in [7, 11) is 0. The Labute approximate surface area is 135 Å². The lowest BCUT2D eigenvalue weighted by Gasteiger charge is -2.03. The molecule has 0 bridgehead atoms. The van der Waals surface area contributed by atoms with Gasteiger partial charge in [-0.05, 0) is 18.2 Å². The van der Waals surface area contributed by atoms with Crippen LogP contribution in [0.4, 0.5) is 4.39 Å². The summed E-state index contributed by atoms with van der Waals surface area (Å²) in [5.41, 5.74) is 0.523. The van der Waals surface area contributed by atoms with Crippen molar-refractivity contribution in [3.63, 3.8) is 0 Å². The van der Waals surface area contributed by atoms with Crippen molar-refractivity contribution in [1.82, 2.24) is 10.1 Å². The fourth-order valence-electron chi connectivity index (χ4n) is 1.88. The van der Waals surface area contributed by atoms with Gasteiger partial charge in [0.25, 0.3) is 5.89 Å². The minimum atomic E-state index is -0.857. The van der Waals surface area contributed by atoms with E-state index in [2.05, 4.69) is 10.1 Å². The molecule has 23 heavy (non-hydrogen) atoms. The Bertz CT molecular complexity index is 836. The highest BCUT2D eigenvalue weighted by Gasteiger charge is 2.16. The summed E-state index contributed by atoms with van der Waals surface area (Å²) >= 11 is 5.73. The Kier molecular flexibility index (Phi) is 4.34. The predicted molar refractivity (Wildman–Crippen MR) is 80.3 cm³/mol. The van der Waals surface area contributed by atoms with Gasteiger partial charge < -0.3 is 9.26 Å². The van der Waals surface area contributed by atoms with Gasteiger partial charge in [0.1, 0.15) is 5.82 Å². The molecule has 0 unspecified atom stereocenters. The van der Waals surface area contributed by atoms with E-state index < -0.39 is 11.8 Å². The lowest BCUT2D eigenvalue weighted by atomic mass is 10.2. The molecule has 0 spiro atoms. The zero-order valence-corrected chi connectivity index (χ0v) is 12.5. The summed E-state index contributed by atoms with van der Waals surface area (Å²) in [6, 6.07) is 12.8. The number of hydrogen-bond acceptors (Lipinski definition) is 5. The maximum atomic E-state index is 13.6. The number of esters is 1. The van der Waals surface area contributed by atoms with Crippen molar-refractivity contribution in [3.05, 3.63) is 70.8 Å². The van der Waals surface area contributed by atoms with Crippen molar-refractivity contribution in [3.8, 4) is 11.4 Å². The summed E-state index contributed by atoms with van der Waals surface area (Å²) < 4.78 is 23.5. The molecular weight excluding hydrogens is 323 g/mol. The number of aromatic nitrogens is 2. The number of nitrogens with zero attached hydrogens (tertiary/aromatic N) is 2. The quantitative estimate of drug-likeness (QED) is 0.678. The van der Waals surface area contributed by atoms with Gasteiger partial charge in [-0.25, -0.2) is 9.18 Å². The Morgan fingerprint density at radius 3 is 2.78 bits per heavy atom. The first-order chi connectivity index (χ1) is 11.1. The molecule has 7 heteroatoms. The molecule has 0 radical (unpaired) electrons. The molecule has 0 N–H and O–H groups in total. The van der Waals surface area contributed by atoms with E-state index in [1.165, 1.54) is 12.1 Å². The summed E-state index contributed by atoms with van der Waals surface area (Å²) in [4.78, 5) is 16.0. The van der Waals surface area contributed by atoms with Gasteiger partial charge in [-0.1, -0.05) is 47.1 Å². The SMILES string of the molecule is O=C(OCc1nc(-c2ccccc2)no1)c1cc(Cl)ccc1F. The molecule has 1 aromatic heterocycles. The van der Waals surface area contributed by atoms with E-state index in [0.717, 1.165) is 11.6 Å². The van der Waals surface area contributed by atoms with Crippen LogP contribution >= 0.6 is 11.6 Å². The van der Waals surface area contributed by atoms with Crippen LogP contribution in [0, 0.1) is 5.82 Å². The Morgan fingerprint density at radius 2 is 2.00 bits per heavy atom. The second-order valence-corrected chi connectivity index (χ2v) is 5.01. The summed E-state index contributed by atoms with van der Waals surface area (Å²) in [6.45, 7) is -0.259. The molecule has 0 atom stereocenters. The van der Waals surface area contributed by atoms with Crippen LogP contribution in [0.25, 0.3) is 11.4 Å². The van der Waals surface area contributed by atoms with Crippen molar-refractivity contribution < 1.29 is 18.4 Å². The highest BCUT2D eigenvalue weighted by atomic mass is 35.5. The van der Waals surface area contributed by atoms with Gasteiger partial charge in [-0.3, -0.25) is 0 Å². The van der Waals surface area contributed by atoms with E-state index >= 15 is 0 Å². The van der Waals surface area contributed by atoms with Crippen molar-refractivity contribution in [2.24, 2.45) is 0 Å². The van der Waals surface area contributed by atoms with Crippen molar-refractivity contribution in [1.29, 1.82) is 0 Å². The Balaban J connectivity index is 1.68. The molecule has 0 aliphatic carbocycles. The van der Waals surface area contributed by atoms with Crippen molar-refractivity contribution in [2.45, 2.75) is 6.61 Å². The second kappa shape index (κ2) is 6.58. The molecule has 0 saturated carbocycles. The fourth-order valence-corrected chi connectivity index (χ4v) is 2.05. The molecule has 0 saturated heterocycles. The van der Waals surface area contributed by atoms with Crippen LogP contribution in [0.3, 0.4) is 0 Å². The normalized spacial score (nSPS) is 10.5. The molecule has 1 heterocycles. The number of halogens is 2. The Morgan fingerprint density at radius 1 is 1.22 bits per heavy atom. The molecule has 3 aromatic rings. The topological polar surface area (TPSA) is 65.2 Å². The monoisotopic (exact) mass is 332 g/mol. The molecule has 3 rings (SSSR count). The zero-order valence-electron chi connectivity index (χ0n) is 11.7. The molecule has 0 fully saturated rings. The number of rotatable bonds is 4. The number of benzene rings is 2. The molecule has 116 valence electrons. The van der Waals surface area contributed by atoms with Gasteiger partial charge in [0.2, 0.25) is 5.82 Å². The van der Waals surface area contributed by atoms with Crippen LogP contribution in [-0.2, 0) is 11.3 Å². The van der Waals surface area contributed by atoms with Crippen LogP contribution in [0.1, 0.15) is 16.2 Å². The summed E-state index contributed by atoms with van der Waals surface area (Å²) in [6.07, 6.45) is 0. The van der Waals surface area contributed by atoms with Gasteiger partial charge in [0.15, 0.2) is 6.61 Å². The van der Waals surface area contributed by atoms with E-state index in [1.807, 2.05) is 30.3 Å². The third kappa shape index (κ3) is 3.54. The number of carbonyl (C=O) groups excluding carboxylic acids is 1. The van der Waals surface area contributed by atoms with E-state index in [9.17, 15) is 9.18 Å². The lowest BCUT2D eigenvalue weighted by molar-refractivity contribution is 0.0424. The van der Waals surface area contributed by atoms with Crippen LogP contribution in [0.2, 0.25) is 5.02 Å². The summed E-state index contributed by atoms with van der Waals surface area (Å²) in [5.74, 6) is -1.08. The highest BCUT2D eigenvalue weighted by molar-refractivity contribution is 6.30. The number of carbonyl (C=O) groups is 1. The smallest absolute Gasteiger partial charge is 0.341 e. The molecule has 2 aromatic carbocycles. The molecule has 0 amide bonds. The average molecular weight is 333 g/mol. The van der Waals surface area contributed by atoms with Gasteiger partial charge in [0, 0.05) is 10.6 Å². The Hall–Kier alpha value is -2.73. The van der Waals surface area contributed by atoms with Gasteiger partial charge in [0.05, 0.1) is 5.56 Å². The van der Waals surface area contributed by atoms with Crippen LogP contribution < -0.4 is 0 Å². The minimum absolute atomic E-state index is 0.111. The molecular formula is C16H10ClFN2O3. The molecule has 5 nitrogen and oxygen atoms in total. The van der Waals surface area contributed by atoms with Crippen LogP contribution in [-0.4, -0.2) is 16.1 Å². The van der Waals surface area contributed by atoms with Gasteiger partial charge in [-0.15, -0.1) is 0 Å². The first-order valence-electron chi connectivity index (χ1n) is 6.63. The molecule has 0 aliphatic rings. The minimum Gasteiger partial charge on any atom is -0.452 e. The lowest BCUT2D eigenvalue weighted by Crippen LogP contribution is -2.07. The average Bonchev–Trinajstić information content (AvgIpc) is 3.05. The third-order valence-corrected chi connectivity index (χ3v) is 3.21. The first-order valence-corrected chi connectivity index (χ1v) is 7.01.